The van der Waals surface area contributed by atoms with E-state index in [1.807, 2.05) is 13.8 Å². The third-order valence-corrected chi connectivity index (χ3v) is 1.37. The van der Waals surface area contributed by atoms with E-state index in [0.29, 0.717) is 0 Å². The van der Waals surface area contributed by atoms with Crippen LogP contribution in [0.15, 0.2) is 18.2 Å². The van der Waals surface area contributed by atoms with Crippen LogP contribution >= 0.6 is 0 Å². The van der Waals surface area contributed by atoms with E-state index in [1.165, 1.54) is 19.1 Å². The van der Waals surface area contributed by atoms with Gasteiger partial charge in [-0.05, 0) is 19.1 Å². The van der Waals surface area contributed by atoms with E-state index in [2.05, 4.69) is 0 Å². The highest BCUT2D eigenvalue weighted by Crippen LogP contribution is 2.20. The molecule has 0 saturated carbocycles. The molecule has 1 aromatic carbocycles. The maximum absolute atomic E-state index is 12.5. The molecule has 0 bridgehead atoms. The van der Waals surface area contributed by atoms with Crippen LogP contribution in [0.2, 0.25) is 0 Å². The maximum Gasteiger partial charge on any atom is 0.165 e. The van der Waals surface area contributed by atoms with Gasteiger partial charge in [-0.2, -0.15) is 0 Å². The lowest BCUT2D eigenvalue weighted by molar-refractivity contribution is 0.101. The van der Waals surface area contributed by atoms with Crippen molar-refractivity contribution in [3.8, 4) is 5.75 Å². The third-order valence-electron chi connectivity index (χ3n) is 1.37. The van der Waals surface area contributed by atoms with Crippen molar-refractivity contribution in [2.24, 2.45) is 0 Å². The first-order valence-electron chi connectivity index (χ1n) is 4.11. The normalized spacial score (nSPS) is 8.62. The molecular formula is C10H13FO2. The molecule has 0 heterocycles. The van der Waals surface area contributed by atoms with Crippen LogP contribution < -0.4 is 0 Å². The van der Waals surface area contributed by atoms with E-state index in [0.717, 1.165) is 6.07 Å². The Balaban J connectivity index is 0.000000671. The molecule has 13 heavy (non-hydrogen) atoms. The number of hydrogen-bond donors (Lipinski definition) is 1. The highest BCUT2D eigenvalue weighted by Gasteiger charge is 2.08. The Hall–Kier alpha value is -1.38. The van der Waals surface area contributed by atoms with Crippen molar-refractivity contribution in [2.45, 2.75) is 20.8 Å². The number of halogens is 1. The van der Waals surface area contributed by atoms with Gasteiger partial charge in [0, 0.05) is 0 Å². The minimum atomic E-state index is -0.766. The van der Waals surface area contributed by atoms with Gasteiger partial charge in [-0.1, -0.05) is 19.9 Å². The summed E-state index contributed by atoms with van der Waals surface area (Å²) in [5, 5.41) is 8.97. The third kappa shape index (κ3) is 2.86. The van der Waals surface area contributed by atoms with Crippen LogP contribution in [0.1, 0.15) is 31.1 Å². The summed E-state index contributed by atoms with van der Waals surface area (Å²) in [6.45, 7) is 5.27. The van der Waals surface area contributed by atoms with Crippen molar-refractivity contribution in [2.75, 3.05) is 0 Å². The Labute approximate surface area is 77.0 Å². The zero-order valence-corrected chi connectivity index (χ0v) is 7.97. The molecule has 1 aromatic rings. The smallest absolute Gasteiger partial charge is 0.165 e. The summed E-state index contributed by atoms with van der Waals surface area (Å²) >= 11 is 0. The van der Waals surface area contributed by atoms with Gasteiger partial charge >= 0.3 is 0 Å². The van der Waals surface area contributed by atoms with Gasteiger partial charge in [-0.15, -0.1) is 0 Å². The fourth-order valence-electron chi connectivity index (χ4n) is 0.799. The first kappa shape index (κ1) is 11.6. The molecule has 2 nitrogen and oxygen atoms in total. The van der Waals surface area contributed by atoms with Gasteiger partial charge < -0.3 is 5.11 Å². The number of carbonyl (C=O) groups excluding carboxylic acids is 1. The van der Waals surface area contributed by atoms with Crippen molar-refractivity contribution >= 4 is 5.78 Å². The number of phenols is 1. The van der Waals surface area contributed by atoms with Crippen molar-refractivity contribution in [3.05, 3.63) is 29.6 Å². The highest BCUT2D eigenvalue weighted by atomic mass is 19.1. The number of ketones is 1. The Morgan fingerprint density at radius 2 is 1.92 bits per heavy atom. The molecule has 0 fully saturated rings. The van der Waals surface area contributed by atoms with Crippen LogP contribution in [0.25, 0.3) is 0 Å². The number of hydrogen-bond acceptors (Lipinski definition) is 2. The molecule has 0 saturated heterocycles. The van der Waals surface area contributed by atoms with Gasteiger partial charge in [0.1, 0.15) is 0 Å². The average Bonchev–Trinajstić information content (AvgIpc) is 2.13. The first-order valence-corrected chi connectivity index (χ1v) is 4.11. The second-order valence-electron chi connectivity index (χ2n) is 2.19. The number of rotatable bonds is 1. The summed E-state index contributed by atoms with van der Waals surface area (Å²) in [7, 11) is 0. The number of Topliss-reactive ketones (excluding diaryl/α,β-unsaturated/α-hetero) is 1. The van der Waals surface area contributed by atoms with E-state index < -0.39 is 11.6 Å². The second kappa shape index (κ2) is 5.30. The summed E-state index contributed by atoms with van der Waals surface area (Å²) in [6.07, 6.45) is 0. The van der Waals surface area contributed by atoms with Gasteiger partial charge in [0.05, 0.1) is 5.56 Å². The predicted molar refractivity (Wildman–Crippen MR) is 49.4 cm³/mol. The van der Waals surface area contributed by atoms with E-state index in [1.54, 1.807) is 0 Å². The van der Waals surface area contributed by atoms with Gasteiger partial charge in [0.2, 0.25) is 0 Å². The predicted octanol–water partition coefficient (Wildman–Crippen LogP) is 2.76. The maximum atomic E-state index is 12.5. The van der Waals surface area contributed by atoms with Crippen molar-refractivity contribution in [3.63, 3.8) is 0 Å². The number of benzene rings is 1. The van der Waals surface area contributed by atoms with E-state index in [-0.39, 0.29) is 11.3 Å². The van der Waals surface area contributed by atoms with Gasteiger partial charge in [0.15, 0.2) is 17.3 Å². The molecule has 0 atom stereocenters. The number of aromatic hydroxyl groups is 1. The van der Waals surface area contributed by atoms with E-state index in [9.17, 15) is 9.18 Å². The summed E-state index contributed by atoms with van der Waals surface area (Å²) in [4.78, 5) is 10.7. The van der Waals surface area contributed by atoms with Crippen molar-refractivity contribution in [1.29, 1.82) is 0 Å². The first-order chi connectivity index (χ1) is 6.13. The fourth-order valence-corrected chi connectivity index (χ4v) is 0.799. The Kier molecular flexibility index (Phi) is 4.74. The van der Waals surface area contributed by atoms with Crippen LogP contribution in [-0.2, 0) is 0 Å². The van der Waals surface area contributed by atoms with Gasteiger partial charge in [0.25, 0.3) is 0 Å². The summed E-state index contributed by atoms with van der Waals surface area (Å²) in [6, 6.07) is 3.86. The minimum absolute atomic E-state index is 0.0185. The lowest BCUT2D eigenvalue weighted by Gasteiger charge is -1.99. The van der Waals surface area contributed by atoms with Crippen LogP contribution in [0, 0.1) is 5.82 Å². The molecule has 0 aromatic heterocycles. The molecule has 0 amide bonds. The lowest BCUT2D eigenvalue weighted by Crippen LogP contribution is -1.93. The average molecular weight is 184 g/mol. The molecule has 0 aliphatic rings. The van der Waals surface area contributed by atoms with Crippen LogP contribution in [0.4, 0.5) is 4.39 Å². The minimum Gasteiger partial charge on any atom is -0.504 e. The van der Waals surface area contributed by atoms with E-state index in [4.69, 9.17) is 5.11 Å². The standard InChI is InChI=1S/C8H7FO2.C2H6/c1-5(10)6-3-2-4-7(9)8(6)11;1-2/h2-4,11H,1H3;1-2H3. The van der Waals surface area contributed by atoms with Crippen molar-refractivity contribution in [1.82, 2.24) is 0 Å². The summed E-state index contributed by atoms with van der Waals surface area (Å²) in [5.74, 6) is -1.68. The summed E-state index contributed by atoms with van der Waals surface area (Å²) in [5.41, 5.74) is 0.0185. The molecule has 72 valence electrons. The quantitative estimate of drug-likeness (QED) is 0.681. The molecule has 1 N–H and O–H groups in total. The largest absolute Gasteiger partial charge is 0.504 e. The molecule has 1 rings (SSSR count). The zero-order valence-electron chi connectivity index (χ0n) is 7.97. The molecule has 0 spiro atoms. The molecule has 0 radical (unpaired) electrons. The fraction of sp³-hybridized carbons (Fsp3) is 0.300. The number of para-hydroxylation sites is 1. The van der Waals surface area contributed by atoms with Crippen LogP contribution in [0.3, 0.4) is 0 Å². The van der Waals surface area contributed by atoms with Gasteiger partial charge in [-0.3, -0.25) is 4.79 Å². The summed E-state index contributed by atoms with van der Waals surface area (Å²) < 4.78 is 12.5. The molecule has 0 unspecified atom stereocenters. The number of carbonyl (C=O) groups is 1. The van der Waals surface area contributed by atoms with E-state index >= 15 is 0 Å². The second-order valence-corrected chi connectivity index (χ2v) is 2.19. The van der Waals surface area contributed by atoms with Crippen molar-refractivity contribution < 1.29 is 14.3 Å². The molecular weight excluding hydrogens is 171 g/mol. The Morgan fingerprint density at radius 1 is 1.38 bits per heavy atom. The zero-order chi connectivity index (χ0) is 10.4. The van der Waals surface area contributed by atoms with Crippen LogP contribution in [0.5, 0.6) is 5.75 Å². The van der Waals surface area contributed by atoms with Gasteiger partial charge in [-0.25, -0.2) is 4.39 Å². The number of phenolic OH excluding ortho intramolecular Hbond substituents is 1. The Morgan fingerprint density at radius 3 is 2.31 bits per heavy atom. The monoisotopic (exact) mass is 184 g/mol. The SMILES string of the molecule is CC.CC(=O)c1cccc(F)c1O. The Bertz CT molecular complexity index is 295. The molecule has 3 heteroatoms. The van der Waals surface area contributed by atoms with Crippen LogP contribution in [-0.4, -0.2) is 10.9 Å². The molecule has 0 aliphatic carbocycles. The topological polar surface area (TPSA) is 37.3 Å². The lowest BCUT2D eigenvalue weighted by atomic mass is 10.1. The molecule has 0 aliphatic heterocycles. The highest BCUT2D eigenvalue weighted by molar-refractivity contribution is 5.96.